The Morgan fingerprint density at radius 3 is 2.33 bits per heavy atom. The van der Waals surface area contributed by atoms with Crippen LogP contribution in [0.25, 0.3) is 0 Å². The highest BCUT2D eigenvalue weighted by molar-refractivity contribution is 5.95. The molecule has 21 heavy (non-hydrogen) atoms. The molecule has 114 valence electrons. The molecular formula is C16H22N2O3. The maximum absolute atomic E-state index is 12.5. The lowest BCUT2D eigenvalue weighted by molar-refractivity contribution is -0.141. The van der Waals surface area contributed by atoms with Crippen molar-refractivity contribution in [3.63, 3.8) is 0 Å². The molecule has 0 bridgehead atoms. The number of nitrogens with zero attached hydrogens (tertiary/aromatic N) is 2. The summed E-state index contributed by atoms with van der Waals surface area (Å²) in [7, 11) is 0. The summed E-state index contributed by atoms with van der Waals surface area (Å²) in [6.07, 6.45) is 3.43. The third-order valence-electron chi connectivity index (χ3n) is 3.80. The standard InChI is InChI=1S/C16H22N2O3/c1-10(15(20)21)18(12-6-7-12)14(19)13-8-5-11(9-17-13)16(2,3)4/h5,8-10,12H,6-7H2,1-4H3,(H,20,21). The molecule has 0 spiro atoms. The first kappa shape index (κ1) is 15.5. The molecule has 1 heterocycles. The summed E-state index contributed by atoms with van der Waals surface area (Å²) >= 11 is 0. The fraction of sp³-hybridized carbons (Fsp3) is 0.562. The number of aromatic nitrogens is 1. The van der Waals surface area contributed by atoms with Crippen LogP contribution in [0.5, 0.6) is 0 Å². The number of pyridine rings is 1. The average Bonchev–Trinajstić information content (AvgIpc) is 3.22. The Bertz CT molecular complexity index is 542. The molecule has 0 radical (unpaired) electrons. The monoisotopic (exact) mass is 290 g/mol. The van der Waals surface area contributed by atoms with Crippen LogP contribution in [0.4, 0.5) is 0 Å². The van der Waals surface area contributed by atoms with E-state index in [0.29, 0.717) is 5.69 Å². The second-order valence-corrected chi connectivity index (χ2v) is 6.64. The van der Waals surface area contributed by atoms with Crippen LogP contribution in [0.15, 0.2) is 18.3 Å². The first-order valence-corrected chi connectivity index (χ1v) is 7.24. The zero-order chi connectivity index (χ0) is 15.8. The molecular weight excluding hydrogens is 268 g/mol. The van der Waals surface area contributed by atoms with Crippen molar-refractivity contribution < 1.29 is 14.7 Å². The highest BCUT2D eigenvalue weighted by Crippen LogP contribution is 2.30. The molecule has 1 N–H and O–H groups in total. The van der Waals surface area contributed by atoms with E-state index < -0.39 is 12.0 Å². The molecule has 0 aromatic carbocycles. The van der Waals surface area contributed by atoms with Crippen molar-refractivity contribution in [2.75, 3.05) is 0 Å². The van der Waals surface area contributed by atoms with Gasteiger partial charge in [0.15, 0.2) is 0 Å². The molecule has 1 aliphatic carbocycles. The van der Waals surface area contributed by atoms with E-state index in [2.05, 4.69) is 25.8 Å². The van der Waals surface area contributed by atoms with Crippen molar-refractivity contribution >= 4 is 11.9 Å². The Labute approximate surface area is 125 Å². The van der Waals surface area contributed by atoms with Crippen LogP contribution in [-0.2, 0) is 10.2 Å². The van der Waals surface area contributed by atoms with Crippen LogP contribution in [0, 0.1) is 0 Å². The fourth-order valence-electron chi connectivity index (χ4n) is 2.23. The quantitative estimate of drug-likeness (QED) is 0.924. The number of hydrogen-bond donors (Lipinski definition) is 1. The van der Waals surface area contributed by atoms with Gasteiger partial charge in [0.1, 0.15) is 11.7 Å². The minimum atomic E-state index is -0.985. The lowest BCUT2D eigenvalue weighted by Crippen LogP contribution is -2.45. The third-order valence-corrected chi connectivity index (χ3v) is 3.80. The molecule has 5 nitrogen and oxygen atoms in total. The Morgan fingerprint density at radius 2 is 1.95 bits per heavy atom. The highest BCUT2D eigenvalue weighted by atomic mass is 16.4. The molecule has 1 saturated carbocycles. The molecule has 0 aliphatic heterocycles. The normalized spacial score (nSPS) is 16.4. The molecule has 1 aromatic rings. The summed E-state index contributed by atoms with van der Waals surface area (Å²) in [4.78, 5) is 29.4. The molecule has 5 heteroatoms. The summed E-state index contributed by atoms with van der Waals surface area (Å²) in [6.45, 7) is 7.78. The van der Waals surface area contributed by atoms with Gasteiger partial charge in [-0.2, -0.15) is 0 Å². The Hall–Kier alpha value is -1.91. The lowest BCUT2D eigenvalue weighted by Gasteiger charge is -2.26. The van der Waals surface area contributed by atoms with E-state index in [9.17, 15) is 9.59 Å². The topological polar surface area (TPSA) is 70.5 Å². The first-order chi connectivity index (χ1) is 9.71. The summed E-state index contributed by atoms with van der Waals surface area (Å²) in [6, 6.07) is 2.78. The van der Waals surface area contributed by atoms with Gasteiger partial charge in [-0.1, -0.05) is 26.8 Å². The first-order valence-electron chi connectivity index (χ1n) is 7.24. The van der Waals surface area contributed by atoms with Crippen molar-refractivity contribution in [1.82, 2.24) is 9.88 Å². The minimum absolute atomic E-state index is 0.0287. The van der Waals surface area contributed by atoms with E-state index in [0.717, 1.165) is 18.4 Å². The Morgan fingerprint density at radius 1 is 1.33 bits per heavy atom. The van der Waals surface area contributed by atoms with Gasteiger partial charge in [-0.05, 0) is 36.8 Å². The Balaban J connectivity index is 2.23. The van der Waals surface area contributed by atoms with E-state index in [4.69, 9.17) is 5.11 Å². The van der Waals surface area contributed by atoms with Crippen LogP contribution in [0.1, 0.15) is 56.6 Å². The van der Waals surface area contributed by atoms with Crippen molar-refractivity contribution in [2.45, 2.75) is 58.0 Å². The van der Waals surface area contributed by atoms with Crippen LogP contribution >= 0.6 is 0 Å². The van der Waals surface area contributed by atoms with E-state index in [1.807, 2.05) is 6.07 Å². The zero-order valence-corrected chi connectivity index (χ0v) is 13.0. The third kappa shape index (κ3) is 3.40. The molecule has 1 fully saturated rings. The fourth-order valence-corrected chi connectivity index (χ4v) is 2.23. The van der Waals surface area contributed by atoms with Gasteiger partial charge in [0, 0.05) is 12.2 Å². The number of carbonyl (C=O) groups excluding carboxylic acids is 1. The summed E-state index contributed by atoms with van der Waals surface area (Å²) in [5.74, 6) is -1.28. The van der Waals surface area contributed by atoms with Gasteiger partial charge in [-0.15, -0.1) is 0 Å². The lowest BCUT2D eigenvalue weighted by atomic mass is 9.88. The van der Waals surface area contributed by atoms with Gasteiger partial charge in [0.2, 0.25) is 0 Å². The minimum Gasteiger partial charge on any atom is -0.480 e. The van der Waals surface area contributed by atoms with Crippen molar-refractivity contribution in [1.29, 1.82) is 0 Å². The maximum Gasteiger partial charge on any atom is 0.326 e. The van der Waals surface area contributed by atoms with Gasteiger partial charge in [0.25, 0.3) is 5.91 Å². The van der Waals surface area contributed by atoms with Crippen molar-refractivity contribution in [3.8, 4) is 0 Å². The Kier molecular flexibility index (Phi) is 4.03. The molecule has 2 rings (SSSR count). The SMILES string of the molecule is CC(C(=O)O)N(C(=O)c1ccc(C(C)(C)C)cn1)C1CC1. The number of amides is 1. The van der Waals surface area contributed by atoms with E-state index >= 15 is 0 Å². The highest BCUT2D eigenvalue weighted by Gasteiger charge is 2.39. The largest absolute Gasteiger partial charge is 0.480 e. The smallest absolute Gasteiger partial charge is 0.326 e. The predicted octanol–water partition coefficient (Wildman–Crippen LogP) is 2.46. The summed E-state index contributed by atoms with van der Waals surface area (Å²) in [5.41, 5.74) is 1.32. The summed E-state index contributed by atoms with van der Waals surface area (Å²) < 4.78 is 0. The van der Waals surface area contributed by atoms with Gasteiger partial charge in [-0.3, -0.25) is 9.78 Å². The van der Waals surface area contributed by atoms with Gasteiger partial charge in [0.05, 0.1) is 0 Å². The summed E-state index contributed by atoms with van der Waals surface area (Å²) in [5, 5.41) is 9.16. The molecule has 1 aliphatic rings. The van der Waals surface area contributed by atoms with E-state index in [-0.39, 0.29) is 17.4 Å². The number of carbonyl (C=O) groups is 2. The number of hydrogen-bond acceptors (Lipinski definition) is 3. The molecule has 1 unspecified atom stereocenters. The molecule has 0 saturated heterocycles. The van der Waals surface area contributed by atoms with Crippen LogP contribution in [0.2, 0.25) is 0 Å². The van der Waals surface area contributed by atoms with Crippen LogP contribution in [0.3, 0.4) is 0 Å². The zero-order valence-electron chi connectivity index (χ0n) is 13.0. The average molecular weight is 290 g/mol. The van der Waals surface area contributed by atoms with Gasteiger partial charge in [-0.25, -0.2) is 4.79 Å². The predicted molar refractivity (Wildman–Crippen MR) is 79.2 cm³/mol. The van der Waals surface area contributed by atoms with Crippen LogP contribution in [-0.4, -0.2) is 39.0 Å². The number of carboxylic acids is 1. The van der Waals surface area contributed by atoms with Crippen LogP contribution < -0.4 is 0 Å². The number of carboxylic acid groups (broad SMARTS) is 1. The van der Waals surface area contributed by atoms with Crippen molar-refractivity contribution in [3.05, 3.63) is 29.6 Å². The van der Waals surface area contributed by atoms with Gasteiger partial charge < -0.3 is 10.0 Å². The second kappa shape index (κ2) is 5.47. The number of rotatable bonds is 4. The maximum atomic E-state index is 12.5. The van der Waals surface area contributed by atoms with E-state index in [1.54, 1.807) is 19.2 Å². The molecule has 1 aromatic heterocycles. The van der Waals surface area contributed by atoms with Gasteiger partial charge >= 0.3 is 5.97 Å². The molecule has 1 atom stereocenters. The van der Waals surface area contributed by atoms with E-state index in [1.165, 1.54) is 4.90 Å². The molecule has 1 amide bonds. The number of aliphatic carboxylic acids is 1. The second-order valence-electron chi connectivity index (χ2n) is 6.64. The van der Waals surface area contributed by atoms with Crippen molar-refractivity contribution in [2.24, 2.45) is 0 Å².